The van der Waals surface area contributed by atoms with Gasteiger partial charge in [-0.15, -0.1) is 0 Å². The molecule has 0 aromatic carbocycles. The first-order valence-corrected chi connectivity index (χ1v) is 18.1. The Morgan fingerprint density at radius 2 is 1.75 bits per heavy atom. The monoisotopic (exact) mass is 720 g/mol. The van der Waals surface area contributed by atoms with E-state index >= 15 is 0 Å². The van der Waals surface area contributed by atoms with Crippen LogP contribution in [-0.2, 0) is 31.2 Å². The smallest absolute Gasteiger partial charge is 0.410 e. The van der Waals surface area contributed by atoms with Crippen molar-refractivity contribution in [1.82, 2.24) is 28.4 Å². The number of pyridine rings is 3. The number of aliphatic hydroxyl groups excluding tert-OH is 1. The van der Waals surface area contributed by atoms with Crippen molar-refractivity contribution in [3.63, 3.8) is 0 Å². The number of fused-ring (bicyclic) bond motifs is 3. The van der Waals surface area contributed by atoms with E-state index in [2.05, 4.69) is 47.9 Å². The molecule has 0 unspecified atom stereocenters. The molecule has 1 aliphatic heterocycles. The molecule has 2 aliphatic rings. The number of nitrogens with zero attached hydrogens (tertiary/aromatic N) is 7. The zero-order chi connectivity index (χ0) is 38.0. The molecule has 1 saturated heterocycles. The molecule has 5 aromatic heterocycles. The van der Waals surface area contributed by atoms with Crippen molar-refractivity contribution < 1.29 is 14.6 Å². The molecule has 13 heteroatoms. The summed E-state index contributed by atoms with van der Waals surface area (Å²) < 4.78 is 10.5. The first-order chi connectivity index (χ1) is 25.0. The number of carbonyl (C=O) groups excluding carboxylic acids is 1. The second-order valence-electron chi connectivity index (χ2n) is 16.3. The molecule has 0 spiro atoms. The molecule has 2 N–H and O–H groups in total. The van der Waals surface area contributed by atoms with Crippen LogP contribution >= 0.6 is 0 Å². The van der Waals surface area contributed by atoms with Gasteiger partial charge in [0.15, 0.2) is 0 Å². The van der Waals surface area contributed by atoms with E-state index in [1.54, 1.807) is 48.9 Å². The predicted molar refractivity (Wildman–Crippen MR) is 205 cm³/mol. The Morgan fingerprint density at radius 1 is 1.02 bits per heavy atom. The number of aliphatic hydroxyl groups is 1. The number of piperazine rings is 1. The largest absolute Gasteiger partial charge is 0.444 e. The molecule has 0 saturated carbocycles. The molecule has 1 fully saturated rings. The Kier molecular flexibility index (Phi) is 8.96. The van der Waals surface area contributed by atoms with Gasteiger partial charge in [-0.05, 0) is 94.3 Å². The van der Waals surface area contributed by atoms with Gasteiger partial charge in [0.05, 0.1) is 18.5 Å². The lowest BCUT2D eigenvalue weighted by Crippen LogP contribution is -2.58. The summed E-state index contributed by atoms with van der Waals surface area (Å²) >= 11 is 0. The zero-order valence-electron chi connectivity index (χ0n) is 31.7. The minimum atomic E-state index is -0.562. The molecule has 278 valence electrons. The van der Waals surface area contributed by atoms with E-state index in [0.29, 0.717) is 52.6 Å². The fourth-order valence-corrected chi connectivity index (χ4v) is 7.95. The van der Waals surface area contributed by atoms with Gasteiger partial charge in [0.1, 0.15) is 28.4 Å². The number of aryl methyl sites for hydroxylation is 1. The van der Waals surface area contributed by atoms with E-state index in [4.69, 9.17) is 4.74 Å². The minimum Gasteiger partial charge on any atom is -0.444 e. The standard InChI is InChI=1S/C40H48N8O5/c1-24-20-45(38(52)53-39(3,4)5)21-25(2)48(24)28-9-10-34(42-19-28)43-31-15-27(22-44(8)36(31)50)29-11-12-41-35(30(29)23-49)47-14-13-46-32(37(47)51)16-26-17-40(6,7)18-33(26)46/h9-16,19,22,24-25,49H,17-18,20-21,23H2,1-8H3,(H,42,43)/t24-,25-/m0/s1. The molecular formula is C40H48N8O5. The molecule has 6 heterocycles. The van der Waals surface area contributed by atoms with Gasteiger partial charge in [-0.1, -0.05) is 13.8 Å². The Balaban J connectivity index is 1.15. The van der Waals surface area contributed by atoms with Crippen molar-refractivity contribution in [3.05, 3.63) is 98.8 Å². The van der Waals surface area contributed by atoms with Crippen LogP contribution in [-0.4, -0.2) is 70.4 Å². The summed E-state index contributed by atoms with van der Waals surface area (Å²) in [6, 6.07) is 9.30. The molecule has 13 nitrogen and oxygen atoms in total. The topological polar surface area (TPSA) is 139 Å². The number of carbonyl (C=O) groups is 1. The molecular weight excluding hydrogens is 672 g/mol. The van der Waals surface area contributed by atoms with Gasteiger partial charge >= 0.3 is 6.09 Å². The maximum atomic E-state index is 13.8. The average molecular weight is 721 g/mol. The van der Waals surface area contributed by atoms with Crippen molar-refractivity contribution in [2.24, 2.45) is 12.5 Å². The average Bonchev–Trinajstić information content (AvgIpc) is 3.58. The number of nitrogens with one attached hydrogen (secondary N) is 1. The summed E-state index contributed by atoms with van der Waals surface area (Å²) in [7, 11) is 1.67. The highest BCUT2D eigenvalue weighted by Gasteiger charge is 2.35. The molecule has 2 atom stereocenters. The van der Waals surface area contributed by atoms with Gasteiger partial charge in [-0.2, -0.15) is 0 Å². The summed E-state index contributed by atoms with van der Waals surface area (Å²) in [5.74, 6) is 0.811. The van der Waals surface area contributed by atoms with Gasteiger partial charge in [-0.25, -0.2) is 14.8 Å². The van der Waals surface area contributed by atoms with Crippen LogP contribution in [0, 0.1) is 5.41 Å². The van der Waals surface area contributed by atoms with Crippen LogP contribution in [0.15, 0.2) is 70.9 Å². The van der Waals surface area contributed by atoms with Gasteiger partial charge in [0.25, 0.3) is 11.1 Å². The van der Waals surface area contributed by atoms with Crippen molar-refractivity contribution in [1.29, 1.82) is 0 Å². The molecule has 5 aromatic rings. The Bertz CT molecular complexity index is 2320. The van der Waals surface area contributed by atoms with Gasteiger partial charge in [0.2, 0.25) is 0 Å². The lowest BCUT2D eigenvalue weighted by molar-refractivity contribution is 0.0193. The van der Waals surface area contributed by atoms with Crippen LogP contribution in [0.5, 0.6) is 0 Å². The highest BCUT2D eigenvalue weighted by molar-refractivity contribution is 5.74. The Labute approximate surface area is 308 Å². The van der Waals surface area contributed by atoms with Crippen LogP contribution in [0.2, 0.25) is 0 Å². The Morgan fingerprint density at radius 3 is 2.42 bits per heavy atom. The lowest BCUT2D eigenvalue weighted by atomic mass is 9.90. The van der Waals surface area contributed by atoms with Gasteiger partial charge in [-0.3, -0.25) is 14.2 Å². The number of hydrogen-bond acceptors (Lipinski definition) is 9. The number of hydrogen-bond donors (Lipinski definition) is 2. The summed E-state index contributed by atoms with van der Waals surface area (Å²) in [4.78, 5) is 53.1. The third-order valence-corrected chi connectivity index (χ3v) is 10.1. The molecule has 7 rings (SSSR count). The van der Waals surface area contributed by atoms with E-state index in [-0.39, 0.29) is 41.3 Å². The molecule has 53 heavy (non-hydrogen) atoms. The highest BCUT2D eigenvalue weighted by Crippen LogP contribution is 2.37. The summed E-state index contributed by atoms with van der Waals surface area (Å²) in [6.45, 7) is 14.9. The van der Waals surface area contributed by atoms with Crippen LogP contribution < -0.4 is 21.3 Å². The summed E-state index contributed by atoms with van der Waals surface area (Å²) in [5, 5.41) is 13.9. The number of anilines is 3. The van der Waals surface area contributed by atoms with E-state index < -0.39 is 5.60 Å². The number of aromatic nitrogens is 5. The molecule has 1 aliphatic carbocycles. The zero-order valence-corrected chi connectivity index (χ0v) is 31.7. The predicted octanol–water partition coefficient (Wildman–Crippen LogP) is 5.44. The van der Waals surface area contributed by atoms with Crippen LogP contribution in [0.4, 0.5) is 22.0 Å². The summed E-state index contributed by atoms with van der Waals surface area (Å²) in [5.41, 5.74) is 4.99. The Hall–Kier alpha value is -5.43. The number of rotatable bonds is 6. The van der Waals surface area contributed by atoms with Crippen molar-refractivity contribution in [3.8, 4) is 16.9 Å². The summed E-state index contributed by atoms with van der Waals surface area (Å²) in [6.07, 6.45) is 10.2. The number of ether oxygens (including phenoxy) is 1. The van der Waals surface area contributed by atoms with Gasteiger partial charge < -0.3 is 33.9 Å². The lowest BCUT2D eigenvalue weighted by Gasteiger charge is -2.45. The van der Waals surface area contributed by atoms with Crippen LogP contribution in [0.3, 0.4) is 0 Å². The molecule has 0 bridgehead atoms. The van der Waals surface area contributed by atoms with Crippen LogP contribution in [0.1, 0.15) is 65.3 Å². The number of amides is 1. The normalized spacial score (nSPS) is 18.4. The third-order valence-electron chi connectivity index (χ3n) is 10.1. The highest BCUT2D eigenvalue weighted by atomic mass is 16.6. The fraction of sp³-hybridized carbons (Fsp3) is 0.425. The molecule has 1 amide bonds. The quantitative estimate of drug-likeness (QED) is 0.235. The fourth-order valence-electron chi connectivity index (χ4n) is 7.95. The molecule has 0 radical (unpaired) electrons. The van der Waals surface area contributed by atoms with E-state index in [1.165, 1.54) is 14.7 Å². The van der Waals surface area contributed by atoms with Crippen molar-refractivity contribution in [2.45, 2.75) is 85.6 Å². The first-order valence-electron chi connectivity index (χ1n) is 18.1. The second-order valence-corrected chi connectivity index (χ2v) is 16.3. The third kappa shape index (κ3) is 6.81. The van der Waals surface area contributed by atoms with E-state index in [1.807, 2.05) is 49.6 Å². The maximum absolute atomic E-state index is 13.8. The van der Waals surface area contributed by atoms with Crippen LogP contribution in [0.25, 0.3) is 22.5 Å². The van der Waals surface area contributed by atoms with E-state index in [9.17, 15) is 19.5 Å². The minimum absolute atomic E-state index is 0.0243. The first kappa shape index (κ1) is 36.0. The van der Waals surface area contributed by atoms with E-state index in [0.717, 1.165) is 24.2 Å². The second kappa shape index (κ2) is 13.2. The SMILES string of the molecule is C[C@H]1CN(C(=O)OC(C)(C)C)C[C@H](C)N1c1ccc(Nc2cc(-c3ccnc(-n4ccn5c6c(cc5c4=O)CC(C)(C)C6)c3CO)cn(C)c2=O)nc1. The van der Waals surface area contributed by atoms with Gasteiger partial charge in [0, 0.05) is 73.8 Å². The van der Waals surface area contributed by atoms with Crippen molar-refractivity contribution >= 4 is 28.8 Å². The van der Waals surface area contributed by atoms with Crippen molar-refractivity contribution in [2.75, 3.05) is 23.3 Å². The maximum Gasteiger partial charge on any atom is 0.410 e.